The fraction of sp³-hybridized carbons (Fsp3) is 0.611. The van der Waals surface area contributed by atoms with E-state index in [2.05, 4.69) is 0 Å². The quantitative estimate of drug-likeness (QED) is 0.664. The molecule has 1 aromatic carbocycles. The van der Waals surface area contributed by atoms with Crippen LogP contribution in [0.3, 0.4) is 0 Å². The molecule has 3 N–H and O–H groups in total. The van der Waals surface area contributed by atoms with E-state index in [9.17, 15) is 26.4 Å². The lowest BCUT2D eigenvalue weighted by Gasteiger charge is -2.34. The van der Waals surface area contributed by atoms with E-state index < -0.39 is 48.8 Å². The van der Waals surface area contributed by atoms with Gasteiger partial charge in [-0.3, -0.25) is 0 Å². The van der Waals surface area contributed by atoms with Gasteiger partial charge in [0.05, 0.1) is 10.1 Å². The van der Waals surface area contributed by atoms with E-state index in [-0.39, 0.29) is 17.9 Å². The molecular formula is C18H27FN2O6S2. The van der Waals surface area contributed by atoms with Crippen LogP contribution < -0.4 is 5.14 Å². The molecule has 2 atom stereocenters. The number of sulfonamides is 1. The number of primary sulfonamides is 1. The van der Waals surface area contributed by atoms with Crippen LogP contribution in [0.1, 0.15) is 50.8 Å². The van der Waals surface area contributed by atoms with Crippen molar-refractivity contribution in [2.75, 3.05) is 13.1 Å². The highest BCUT2D eigenvalue weighted by Crippen LogP contribution is 2.34. The number of amides is 1. The molecule has 1 aliphatic rings. The average Bonchev–Trinajstić information content (AvgIpc) is 2.58. The SMILES string of the molecule is CC(C)(C)OC(=O)N1CCC(CC(c2ccc(S(N)(=O)=O)cc2F)S(=O)O)CC1. The number of nitrogens with zero attached hydrogens (tertiary/aromatic N) is 1. The number of likely N-dealkylation sites (tertiary alicyclic amines) is 1. The Kier molecular flexibility index (Phi) is 7.42. The van der Waals surface area contributed by atoms with Crippen LogP contribution in [-0.2, 0) is 25.8 Å². The molecule has 0 aromatic heterocycles. The number of carbonyl (C=O) groups excluding carboxylic acids is 1. The molecule has 2 rings (SSSR count). The maximum absolute atomic E-state index is 14.4. The third-order valence-corrected chi connectivity index (χ3v) is 6.55. The Bertz CT molecular complexity index is 877. The fourth-order valence-corrected chi connectivity index (χ4v) is 4.61. The summed E-state index contributed by atoms with van der Waals surface area (Å²) >= 11 is -2.35. The molecule has 8 nitrogen and oxygen atoms in total. The molecule has 1 amide bonds. The molecular weight excluding hydrogens is 423 g/mol. The zero-order valence-electron chi connectivity index (χ0n) is 16.6. The number of rotatable bonds is 5. The molecule has 0 aliphatic carbocycles. The van der Waals surface area contributed by atoms with Crippen LogP contribution in [0.4, 0.5) is 9.18 Å². The summed E-state index contributed by atoms with van der Waals surface area (Å²) < 4.78 is 64.0. The van der Waals surface area contributed by atoms with E-state index in [1.807, 2.05) is 0 Å². The van der Waals surface area contributed by atoms with Crippen LogP contribution >= 0.6 is 0 Å². The summed E-state index contributed by atoms with van der Waals surface area (Å²) in [6.45, 7) is 6.24. The van der Waals surface area contributed by atoms with Gasteiger partial charge in [-0.2, -0.15) is 0 Å². The summed E-state index contributed by atoms with van der Waals surface area (Å²) in [5, 5.41) is 3.98. The molecule has 1 saturated heterocycles. The van der Waals surface area contributed by atoms with Crippen molar-refractivity contribution in [1.82, 2.24) is 4.90 Å². The third-order valence-electron chi connectivity index (χ3n) is 4.70. The summed E-state index contributed by atoms with van der Waals surface area (Å²) in [6.07, 6.45) is 1.01. The van der Waals surface area contributed by atoms with Crippen LogP contribution in [0.5, 0.6) is 0 Å². The second-order valence-electron chi connectivity index (χ2n) is 8.14. The van der Waals surface area contributed by atoms with Gasteiger partial charge in [-0.1, -0.05) is 6.07 Å². The molecule has 29 heavy (non-hydrogen) atoms. The summed E-state index contributed by atoms with van der Waals surface area (Å²) in [4.78, 5) is 13.3. The lowest BCUT2D eigenvalue weighted by molar-refractivity contribution is 0.0180. The first-order valence-electron chi connectivity index (χ1n) is 9.18. The first kappa shape index (κ1) is 23.7. The van der Waals surface area contributed by atoms with Crippen molar-refractivity contribution in [3.8, 4) is 0 Å². The molecule has 1 aromatic rings. The number of hydrogen-bond donors (Lipinski definition) is 2. The fourth-order valence-electron chi connectivity index (χ4n) is 3.24. The molecule has 1 fully saturated rings. The maximum atomic E-state index is 14.4. The minimum absolute atomic E-state index is 0.00658. The molecule has 0 spiro atoms. The van der Waals surface area contributed by atoms with Gasteiger partial charge in [0.1, 0.15) is 11.4 Å². The normalized spacial score (nSPS) is 18.3. The predicted octanol–water partition coefficient (Wildman–Crippen LogP) is 2.77. The first-order valence-corrected chi connectivity index (χ1v) is 11.9. The number of piperidine rings is 1. The van der Waals surface area contributed by atoms with Crippen LogP contribution in [0, 0.1) is 11.7 Å². The molecule has 0 bridgehead atoms. The number of halogens is 1. The van der Waals surface area contributed by atoms with E-state index in [1.165, 1.54) is 6.07 Å². The van der Waals surface area contributed by atoms with E-state index in [0.29, 0.717) is 25.9 Å². The van der Waals surface area contributed by atoms with Crippen molar-refractivity contribution >= 4 is 27.2 Å². The van der Waals surface area contributed by atoms with E-state index >= 15 is 0 Å². The highest BCUT2D eigenvalue weighted by atomic mass is 32.2. The van der Waals surface area contributed by atoms with Crippen molar-refractivity contribution in [3.05, 3.63) is 29.6 Å². The number of hydrogen-bond acceptors (Lipinski definition) is 5. The Morgan fingerprint density at radius 2 is 1.97 bits per heavy atom. The van der Waals surface area contributed by atoms with E-state index in [1.54, 1.807) is 25.7 Å². The minimum Gasteiger partial charge on any atom is -0.444 e. The Hall–Kier alpha value is -1.56. The van der Waals surface area contributed by atoms with Gasteiger partial charge in [-0.05, 0) is 58.1 Å². The van der Waals surface area contributed by atoms with Crippen LogP contribution in [0.25, 0.3) is 0 Å². The summed E-state index contributed by atoms with van der Waals surface area (Å²) in [6, 6.07) is 3.07. The maximum Gasteiger partial charge on any atom is 0.410 e. The molecule has 11 heteroatoms. The average molecular weight is 451 g/mol. The van der Waals surface area contributed by atoms with Gasteiger partial charge in [0.15, 0.2) is 11.1 Å². The number of carbonyl (C=O) groups is 1. The first-order chi connectivity index (χ1) is 13.3. The largest absolute Gasteiger partial charge is 0.444 e. The predicted molar refractivity (Wildman–Crippen MR) is 106 cm³/mol. The topological polar surface area (TPSA) is 127 Å². The van der Waals surface area contributed by atoms with Crippen molar-refractivity contribution in [2.24, 2.45) is 11.1 Å². The Labute approximate surface area is 172 Å². The van der Waals surface area contributed by atoms with Crippen LogP contribution in [0.15, 0.2) is 23.1 Å². The molecule has 0 saturated carbocycles. The van der Waals surface area contributed by atoms with Crippen molar-refractivity contribution in [1.29, 1.82) is 0 Å². The lowest BCUT2D eigenvalue weighted by Crippen LogP contribution is -2.42. The van der Waals surface area contributed by atoms with Crippen molar-refractivity contribution in [2.45, 2.75) is 55.8 Å². The zero-order valence-corrected chi connectivity index (χ0v) is 18.3. The van der Waals surface area contributed by atoms with Gasteiger partial charge in [0, 0.05) is 18.7 Å². The Morgan fingerprint density at radius 1 is 1.38 bits per heavy atom. The molecule has 164 valence electrons. The van der Waals surface area contributed by atoms with E-state index in [0.717, 1.165) is 12.1 Å². The van der Waals surface area contributed by atoms with Gasteiger partial charge in [0.25, 0.3) is 0 Å². The molecule has 1 heterocycles. The van der Waals surface area contributed by atoms with Crippen molar-refractivity contribution in [3.63, 3.8) is 0 Å². The van der Waals surface area contributed by atoms with E-state index in [4.69, 9.17) is 9.88 Å². The summed E-state index contributed by atoms with van der Waals surface area (Å²) in [5.41, 5.74) is -0.624. The number of benzene rings is 1. The van der Waals surface area contributed by atoms with Gasteiger partial charge < -0.3 is 14.2 Å². The second kappa shape index (κ2) is 9.07. The second-order valence-corrected chi connectivity index (χ2v) is 10.8. The molecule has 0 radical (unpaired) electrons. The van der Waals surface area contributed by atoms with Crippen molar-refractivity contribution < 1.29 is 31.1 Å². The summed E-state index contributed by atoms with van der Waals surface area (Å²) in [5.74, 6) is -0.887. The highest BCUT2D eigenvalue weighted by Gasteiger charge is 2.31. The van der Waals surface area contributed by atoms with Gasteiger partial charge >= 0.3 is 6.09 Å². The third kappa shape index (κ3) is 6.73. The smallest absolute Gasteiger partial charge is 0.410 e. The molecule has 1 aliphatic heterocycles. The minimum atomic E-state index is -4.07. The highest BCUT2D eigenvalue weighted by molar-refractivity contribution is 7.89. The van der Waals surface area contributed by atoms with Crippen LogP contribution in [-0.4, -0.2) is 46.9 Å². The standard InChI is InChI=1S/C18H27FN2O6S2/c1-18(2,3)27-17(22)21-8-6-12(7-9-21)10-16(28(23)24)14-5-4-13(11-15(14)19)29(20,25)26/h4-5,11-12,16H,6-10H2,1-3H3,(H,23,24)(H2,20,25,26). The van der Waals surface area contributed by atoms with Gasteiger partial charge in [-0.15, -0.1) is 0 Å². The molecule has 2 unspecified atom stereocenters. The monoisotopic (exact) mass is 450 g/mol. The Balaban J connectivity index is 2.06. The number of nitrogens with two attached hydrogens (primary N) is 1. The van der Waals surface area contributed by atoms with Gasteiger partial charge in [-0.25, -0.2) is 27.0 Å². The van der Waals surface area contributed by atoms with Gasteiger partial charge in [0.2, 0.25) is 10.0 Å². The summed E-state index contributed by atoms with van der Waals surface area (Å²) in [7, 11) is -4.07. The Morgan fingerprint density at radius 3 is 2.41 bits per heavy atom. The zero-order chi connectivity index (χ0) is 22.0. The lowest BCUT2D eigenvalue weighted by atomic mass is 9.90. The van der Waals surface area contributed by atoms with Crippen LogP contribution in [0.2, 0.25) is 0 Å². The number of ether oxygens (including phenoxy) is 1.